The molecule has 4 aromatic heterocycles. The van der Waals surface area contributed by atoms with Crippen LogP contribution in [0, 0.1) is 0 Å². The van der Waals surface area contributed by atoms with E-state index < -0.39 is 0 Å². The lowest BCUT2D eigenvalue weighted by atomic mass is 10.1. The highest BCUT2D eigenvalue weighted by molar-refractivity contribution is 5.91. The third-order valence-corrected chi connectivity index (χ3v) is 5.32. The van der Waals surface area contributed by atoms with Crippen molar-refractivity contribution in [2.24, 2.45) is 0 Å². The van der Waals surface area contributed by atoms with Gasteiger partial charge >= 0.3 is 0 Å². The standard InChI is InChI=1S/C21H20N4O3/c26-20-17-7-5-13-24(17)16-6-4-10-22-19(16)25(20)14-15-8-9-18(28-15)21(27)23-11-2-1-3-12-23/h4-10,13H,1-3,11-12,14H2. The Balaban J connectivity index is 1.52. The smallest absolute Gasteiger partial charge is 0.289 e. The molecule has 0 N–H and O–H groups in total. The van der Waals surface area contributed by atoms with Crippen LogP contribution < -0.4 is 5.56 Å². The molecule has 5 rings (SSSR count). The maximum absolute atomic E-state index is 13.0. The average molecular weight is 376 g/mol. The molecule has 1 fully saturated rings. The summed E-state index contributed by atoms with van der Waals surface area (Å²) in [6.45, 7) is 1.77. The van der Waals surface area contributed by atoms with Crippen molar-refractivity contribution in [2.75, 3.05) is 13.1 Å². The van der Waals surface area contributed by atoms with Crippen LogP contribution >= 0.6 is 0 Å². The first-order valence-corrected chi connectivity index (χ1v) is 9.55. The number of carbonyl (C=O) groups excluding carboxylic acids is 1. The molecule has 1 aliphatic rings. The molecule has 0 atom stereocenters. The molecule has 142 valence electrons. The number of pyridine rings is 1. The number of nitrogens with zero attached hydrogens (tertiary/aromatic N) is 4. The van der Waals surface area contributed by atoms with Gasteiger partial charge in [0.2, 0.25) is 0 Å². The quantitative estimate of drug-likeness (QED) is 0.551. The van der Waals surface area contributed by atoms with Gasteiger partial charge in [0.1, 0.15) is 11.3 Å². The predicted molar refractivity (Wildman–Crippen MR) is 105 cm³/mol. The third-order valence-electron chi connectivity index (χ3n) is 5.32. The van der Waals surface area contributed by atoms with Gasteiger partial charge < -0.3 is 13.7 Å². The lowest BCUT2D eigenvalue weighted by molar-refractivity contribution is 0.0690. The molecule has 7 nitrogen and oxygen atoms in total. The van der Waals surface area contributed by atoms with Crippen molar-refractivity contribution in [1.29, 1.82) is 0 Å². The monoisotopic (exact) mass is 376 g/mol. The SMILES string of the molecule is O=C(c1ccc(Cn2c(=O)c3cccn3c3cccnc32)o1)N1CCCCC1. The molecule has 4 aromatic rings. The Morgan fingerprint density at radius 2 is 1.86 bits per heavy atom. The van der Waals surface area contributed by atoms with E-state index in [4.69, 9.17) is 4.42 Å². The van der Waals surface area contributed by atoms with Crippen molar-refractivity contribution in [3.05, 3.63) is 70.7 Å². The van der Waals surface area contributed by atoms with E-state index in [0.29, 0.717) is 22.7 Å². The zero-order chi connectivity index (χ0) is 19.1. The molecule has 1 amide bonds. The fraction of sp³-hybridized carbons (Fsp3) is 0.286. The Labute approximate surface area is 160 Å². The van der Waals surface area contributed by atoms with Crippen LogP contribution in [0.4, 0.5) is 0 Å². The molecule has 0 spiro atoms. The highest BCUT2D eigenvalue weighted by Gasteiger charge is 2.21. The highest BCUT2D eigenvalue weighted by atomic mass is 16.4. The van der Waals surface area contributed by atoms with E-state index in [-0.39, 0.29) is 18.0 Å². The van der Waals surface area contributed by atoms with Crippen LogP contribution in [-0.2, 0) is 6.54 Å². The van der Waals surface area contributed by atoms with Gasteiger partial charge in [-0.1, -0.05) is 0 Å². The van der Waals surface area contributed by atoms with Crippen molar-refractivity contribution in [3.8, 4) is 0 Å². The number of hydrogen-bond acceptors (Lipinski definition) is 4. The van der Waals surface area contributed by atoms with Crippen LogP contribution in [0.5, 0.6) is 0 Å². The van der Waals surface area contributed by atoms with Crippen molar-refractivity contribution in [3.63, 3.8) is 0 Å². The van der Waals surface area contributed by atoms with Crippen LogP contribution in [0.1, 0.15) is 35.6 Å². The summed E-state index contributed by atoms with van der Waals surface area (Å²) in [5.41, 5.74) is 1.86. The summed E-state index contributed by atoms with van der Waals surface area (Å²) in [5, 5.41) is 0. The second-order valence-electron chi connectivity index (χ2n) is 7.12. The van der Waals surface area contributed by atoms with E-state index >= 15 is 0 Å². The van der Waals surface area contributed by atoms with E-state index in [9.17, 15) is 9.59 Å². The molecule has 0 radical (unpaired) electrons. The van der Waals surface area contributed by atoms with E-state index in [1.807, 2.05) is 33.7 Å². The van der Waals surface area contributed by atoms with E-state index in [2.05, 4.69) is 4.98 Å². The first-order chi connectivity index (χ1) is 13.7. The first-order valence-electron chi connectivity index (χ1n) is 9.55. The Morgan fingerprint density at radius 1 is 1.04 bits per heavy atom. The summed E-state index contributed by atoms with van der Waals surface area (Å²) in [6.07, 6.45) is 6.75. The molecule has 7 heteroatoms. The molecule has 28 heavy (non-hydrogen) atoms. The normalized spacial score (nSPS) is 14.8. The Hall–Kier alpha value is -3.35. The lowest BCUT2D eigenvalue weighted by Crippen LogP contribution is -2.35. The van der Waals surface area contributed by atoms with Crippen LogP contribution in [0.25, 0.3) is 16.7 Å². The number of amides is 1. The van der Waals surface area contributed by atoms with Gasteiger partial charge in [-0.2, -0.15) is 0 Å². The van der Waals surface area contributed by atoms with E-state index in [1.54, 1.807) is 29.0 Å². The minimum Gasteiger partial charge on any atom is -0.454 e. The summed E-state index contributed by atoms with van der Waals surface area (Å²) >= 11 is 0. The molecule has 0 bridgehead atoms. The zero-order valence-corrected chi connectivity index (χ0v) is 15.4. The fourth-order valence-electron chi connectivity index (χ4n) is 3.92. The summed E-state index contributed by atoms with van der Waals surface area (Å²) in [5.74, 6) is 0.805. The number of carbonyl (C=O) groups is 1. The largest absolute Gasteiger partial charge is 0.454 e. The number of likely N-dealkylation sites (tertiary alicyclic amines) is 1. The summed E-state index contributed by atoms with van der Waals surface area (Å²) < 4.78 is 9.25. The van der Waals surface area contributed by atoms with Gasteiger partial charge in [0.05, 0.1) is 12.1 Å². The zero-order valence-electron chi connectivity index (χ0n) is 15.4. The summed E-state index contributed by atoms with van der Waals surface area (Å²) in [4.78, 5) is 31.9. The molecule has 0 saturated carbocycles. The number of piperidine rings is 1. The first kappa shape index (κ1) is 16.8. The fourth-order valence-corrected chi connectivity index (χ4v) is 3.92. The Morgan fingerprint density at radius 3 is 2.71 bits per heavy atom. The van der Waals surface area contributed by atoms with Crippen molar-refractivity contribution in [2.45, 2.75) is 25.8 Å². The molecular formula is C21H20N4O3. The lowest BCUT2D eigenvalue weighted by Gasteiger charge is -2.25. The van der Waals surface area contributed by atoms with Crippen molar-refractivity contribution < 1.29 is 9.21 Å². The number of fused-ring (bicyclic) bond motifs is 3. The molecule has 1 aliphatic heterocycles. The maximum atomic E-state index is 13.0. The van der Waals surface area contributed by atoms with Crippen LogP contribution in [-0.4, -0.2) is 37.8 Å². The third kappa shape index (κ3) is 2.70. The van der Waals surface area contributed by atoms with Gasteiger partial charge in [-0.25, -0.2) is 4.98 Å². The topological polar surface area (TPSA) is 72.8 Å². The van der Waals surface area contributed by atoms with Crippen molar-refractivity contribution in [1.82, 2.24) is 18.9 Å². The van der Waals surface area contributed by atoms with Gasteiger partial charge in [-0.05, 0) is 55.7 Å². The molecule has 0 aliphatic carbocycles. The second kappa shape index (κ2) is 6.67. The number of furan rings is 1. The number of rotatable bonds is 3. The van der Waals surface area contributed by atoms with Gasteiger partial charge in [0.15, 0.2) is 11.4 Å². The van der Waals surface area contributed by atoms with E-state index in [1.165, 1.54) is 6.42 Å². The highest BCUT2D eigenvalue weighted by Crippen LogP contribution is 2.18. The Bertz CT molecular complexity index is 1230. The summed E-state index contributed by atoms with van der Waals surface area (Å²) in [6, 6.07) is 10.9. The average Bonchev–Trinajstić information content (AvgIpc) is 3.41. The van der Waals surface area contributed by atoms with Gasteiger partial charge in [-0.15, -0.1) is 0 Å². The molecule has 0 unspecified atom stereocenters. The van der Waals surface area contributed by atoms with Crippen LogP contribution in [0.3, 0.4) is 0 Å². The van der Waals surface area contributed by atoms with Gasteiger partial charge in [0.25, 0.3) is 11.5 Å². The number of aromatic nitrogens is 3. The van der Waals surface area contributed by atoms with E-state index in [0.717, 1.165) is 31.4 Å². The minimum atomic E-state index is -0.142. The van der Waals surface area contributed by atoms with Gasteiger partial charge in [0, 0.05) is 25.5 Å². The minimum absolute atomic E-state index is 0.0803. The molecule has 5 heterocycles. The Kier molecular flexibility index (Phi) is 4.00. The van der Waals surface area contributed by atoms with Crippen LogP contribution in [0.15, 0.2) is 58.0 Å². The second-order valence-corrected chi connectivity index (χ2v) is 7.12. The van der Waals surface area contributed by atoms with Crippen LogP contribution in [0.2, 0.25) is 0 Å². The molecular weight excluding hydrogens is 356 g/mol. The number of hydrogen-bond donors (Lipinski definition) is 0. The predicted octanol–water partition coefficient (Wildman–Crippen LogP) is 2.92. The van der Waals surface area contributed by atoms with Crippen molar-refractivity contribution >= 4 is 22.6 Å². The van der Waals surface area contributed by atoms with Gasteiger partial charge in [-0.3, -0.25) is 14.2 Å². The summed E-state index contributed by atoms with van der Waals surface area (Å²) in [7, 11) is 0. The maximum Gasteiger partial charge on any atom is 0.289 e. The molecule has 0 aromatic carbocycles. The molecule has 1 saturated heterocycles.